The Labute approximate surface area is 260 Å². The molecule has 1 aliphatic carbocycles. The minimum atomic E-state index is -1.00. The molecule has 4 unspecified atom stereocenters. The van der Waals surface area contributed by atoms with Gasteiger partial charge in [0.25, 0.3) is 17.7 Å². The average molecular weight is 607 g/mol. The summed E-state index contributed by atoms with van der Waals surface area (Å²) < 4.78 is 0. The third-order valence-electron chi connectivity index (χ3n) is 8.83. The molecule has 0 bridgehead atoms. The zero-order chi connectivity index (χ0) is 30.5. The van der Waals surface area contributed by atoms with Gasteiger partial charge in [0.2, 0.25) is 0 Å². The molecule has 3 aromatic rings. The number of amides is 3. The Bertz CT molecular complexity index is 1730. The standard InChI is InChI=1S/C34H31ClN6O3/c1-20-6-10-22(11-7-20)18-24-4-3-5-27-29(24)37-41(31(27)23-12-8-21(2)9-13-23)28(42)19-39-32-30(36-38-39)33(43)40(34(32)44)26-16-14-25(35)15-17-26/h6-18,27,30-32H,3-5,19H2,1-2H3/b24-18-. The first kappa shape index (κ1) is 28.2. The minimum Gasteiger partial charge on any atom is -0.271 e. The maximum absolute atomic E-state index is 14.1. The molecule has 9 nitrogen and oxygen atoms in total. The van der Waals surface area contributed by atoms with E-state index in [2.05, 4.69) is 71.9 Å². The third-order valence-corrected chi connectivity index (χ3v) is 9.09. The number of halogens is 1. The summed E-state index contributed by atoms with van der Waals surface area (Å²) in [6, 6.07) is 20.8. The molecule has 0 N–H and O–H groups in total. The first-order chi connectivity index (χ1) is 21.3. The number of hydrazone groups is 1. The number of carbonyl (C=O) groups excluding carboxylic acids is 3. The number of benzene rings is 3. The maximum Gasteiger partial charge on any atom is 0.264 e. The summed E-state index contributed by atoms with van der Waals surface area (Å²) in [6.07, 6.45) is 4.96. The van der Waals surface area contributed by atoms with Gasteiger partial charge in [-0.3, -0.25) is 19.4 Å². The third kappa shape index (κ3) is 4.91. The van der Waals surface area contributed by atoms with Gasteiger partial charge in [0.15, 0.2) is 12.1 Å². The number of nitrogens with zero attached hydrogens (tertiary/aromatic N) is 6. The fourth-order valence-electron chi connectivity index (χ4n) is 6.58. The van der Waals surface area contributed by atoms with Gasteiger partial charge in [0.1, 0.15) is 6.54 Å². The van der Waals surface area contributed by atoms with Crippen molar-refractivity contribution in [3.05, 3.63) is 106 Å². The average Bonchev–Trinajstić information content (AvgIpc) is 3.69. The van der Waals surface area contributed by atoms with E-state index in [0.29, 0.717) is 10.7 Å². The van der Waals surface area contributed by atoms with Gasteiger partial charge in [-0.1, -0.05) is 76.5 Å². The Hall–Kier alpha value is -4.63. The fraction of sp³-hybridized carbons (Fsp3) is 0.294. The lowest BCUT2D eigenvalue weighted by Crippen LogP contribution is -2.45. The van der Waals surface area contributed by atoms with Gasteiger partial charge in [-0.2, -0.15) is 10.2 Å². The van der Waals surface area contributed by atoms with E-state index in [1.807, 2.05) is 6.92 Å². The largest absolute Gasteiger partial charge is 0.271 e. The van der Waals surface area contributed by atoms with Crippen LogP contribution < -0.4 is 4.90 Å². The molecule has 3 heterocycles. The second-order valence-corrected chi connectivity index (χ2v) is 12.3. The second-order valence-electron chi connectivity index (χ2n) is 11.8. The smallest absolute Gasteiger partial charge is 0.264 e. The summed E-state index contributed by atoms with van der Waals surface area (Å²) in [4.78, 5) is 41.9. The van der Waals surface area contributed by atoms with E-state index in [-0.39, 0.29) is 24.4 Å². The lowest BCUT2D eigenvalue weighted by Gasteiger charge is -2.30. The fourth-order valence-corrected chi connectivity index (χ4v) is 6.70. The molecule has 2 fully saturated rings. The van der Waals surface area contributed by atoms with Crippen LogP contribution in [-0.4, -0.2) is 52.1 Å². The molecular formula is C34H31ClN6O3. The number of carbonyl (C=O) groups is 3. The first-order valence-corrected chi connectivity index (χ1v) is 15.2. The quantitative estimate of drug-likeness (QED) is 0.329. The molecule has 1 saturated heterocycles. The van der Waals surface area contributed by atoms with Crippen LogP contribution in [0, 0.1) is 19.8 Å². The van der Waals surface area contributed by atoms with Gasteiger partial charge in [-0.25, -0.2) is 9.91 Å². The molecule has 10 heteroatoms. The first-order valence-electron chi connectivity index (χ1n) is 14.8. The van der Waals surface area contributed by atoms with Crippen molar-refractivity contribution in [2.75, 3.05) is 11.4 Å². The summed E-state index contributed by atoms with van der Waals surface area (Å²) in [5.41, 5.74) is 6.90. The summed E-state index contributed by atoms with van der Waals surface area (Å²) in [5, 5.41) is 16.6. The van der Waals surface area contributed by atoms with Crippen LogP contribution in [0.1, 0.15) is 47.6 Å². The number of imide groups is 1. The zero-order valence-corrected chi connectivity index (χ0v) is 25.2. The number of rotatable bonds is 5. The van der Waals surface area contributed by atoms with E-state index < -0.39 is 23.9 Å². The molecule has 3 aromatic carbocycles. The number of allylic oxidation sites excluding steroid dienone is 1. The summed E-state index contributed by atoms with van der Waals surface area (Å²) in [5.74, 6) is -1.22. The molecule has 222 valence electrons. The van der Waals surface area contributed by atoms with Gasteiger partial charge in [-0.05, 0) is 80.2 Å². The van der Waals surface area contributed by atoms with Crippen LogP contribution in [0.2, 0.25) is 5.02 Å². The molecule has 3 aliphatic heterocycles. The van der Waals surface area contributed by atoms with E-state index in [1.54, 1.807) is 29.3 Å². The number of fused-ring (bicyclic) bond motifs is 2. The predicted molar refractivity (Wildman–Crippen MR) is 168 cm³/mol. The predicted octanol–water partition coefficient (Wildman–Crippen LogP) is 6.07. The van der Waals surface area contributed by atoms with Crippen molar-refractivity contribution in [1.29, 1.82) is 0 Å². The summed E-state index contributed by atoms with van der Waals surface area (Å²) in [7, 11) is 0. The van der Waals surface area contributed by atoms with Crippen molar-refractivity contribution in [2.45, 2.75) is 51.2 Å². The topological polar surface area (TPSA) is 98.0 Å². The highest BCUT2D eigenvalue weighted by atomic mass is 35.5. The molecule has 7 rings (SSSR count). The van der Waals surface area contributed by atoms with Crippen LogP contribution in [0.4, 0.5) is 5.69 Å². The maximum atomic E-state index is 14.1. The van der Waals surface area contributed by atoms with Crippen molar-refractivity contribution in [3.8, 4) is 0 Å². The van der Waals surface area contributed by atoms with Crippen molar-refractivity contribution in [1.82, 2.24) is 10.0 Å². The van der Waals surface area contributed by atoms with E-state index in [4.69, 9.17) is 16.7 Å². The molecule has 44 heavy (non-hydrogen) atoms. The highest BCUT2D eigenvalue weighted by molar-refractivity contribution is 6.31. The Balaban J connectivity index is 1.18. The molecule has 4 aliphatic rings. The minimum absolute atomic E-state index is 0.0372. The Kier molecular flexibility index (Phi) is 7.13. The van der Waals surface area contributed by atoms with Crippen molar-refractivity contribution < 1.29 is 14.4 Å². The molecule has 0 spiro atoms. The van der Waals surface area contributed by atoms with Crippen LogP contribution in [0.3, 0.4) is 0 Å². The Morgan fingerprint density at radius 3 is 2.30 bits per heavy atom. The molecule has 0 aromatic heterocycles. The van der Waals surface area contributed by atoms with E-state index in [0.717, 1.165) is 52.1 Å². The lowest BCUT2D eigenvalue weighted by molar-refractivity contribution is -0.136. The van der Waals surface area contributed by atoms with Crippen LogP contribution in [-0.2, 0) is 14.4 Å². The van der Waals surface area contributed by atoms with E-state index in [9.17, 15) is 14.4 Å². The number of hydrogen-bond donors (Lipinski definition) is 0. The molecular weight excluding hydrogens is 576 g/mol. The number of hydrogen-bond acceptors (Lipinski definition) is 7. The highest BCUT2D eigenvalue weighted by Gasteiger charge is 2.55. The second kappa shape index (κ2) is 11.1. The van der Waals surface area contributed by atoms with Crippen LogP contribution in [0.5, 0.6) is 0 Å². The van der Waals surface area contributed by atoms with Crippen LogP contribution >= 0.6 is 11.6 Å². The molecule has 3 amide bonds. The lowest BCUT2D eigenvalue weighted by atomic mass is 9.77. The normalized spacial score (nSPS) is 25.1. The summed E-state index contributed by atoms with van der Waals surface area (Å²) >= 11 is 6.01. The van der Waals surface area contributed by atoms with Crippen LogP contribution in [0.25, 0.3) is 6.08 Å². The Morgan fingerprint density at radius 1 is 0.909 bits per heavy atom. The van der Waals surface area contributed by atoms with E-state index >= 15 is 0 Å². The van der Waals surface area contributed by atoms with Gasteiger partial charge >= 0.3 is 0 Å². The highest BCUT2D eigenvalue weighted by Crippen LogP contribution is 2.45. The Morgan fingerprint density at radius 2 is 1.59 bits per heavy atom. The molecule has 1 saturated carbocycles. The van der Waals surface area contributed by atoms with Crippen molar-refractivity contribution in [3.63, 3.8) is 0 Å². The van der Waals surface area contributed by atoms with Gasteiger partial charge < -0.3 is 0 Å². The number of aryl methyl sites for hydroxylation is 2. The van der Waals surface area contributed by atoms with Crippen molar-refractivity contribution in [2.24, 2.45) is 21.4 Å². The monoisotopic (exact) mass is 606 g/mol. The summed E-state index contributed by atoms with van der Waals surface area (Å²) in [6.45, 7) is 3.87. The van der Waals surface area contributed by atoms with Gasteiger partial charge in [-0.15, -0.1) is 0 Å². The SMILES string of the molecule is Cc1ccc(/C=C2/CCCC3C2=NN(C(=O)CN2N=NC4C(=O)N(c5ccc(Cl)cc5)C(=O)C42)C3c2ccc(C)cc2)cc1. The van der Waals surface area contributed by atoms with Gasteiger partial charge in [0, 0.05) is 10.9 Å². The van der Waals surface area contributed by atoms with E-state index in [1.165, 1.54) is 10.6 Å². The van der Waals surface area contributed by atoms with Crippen molar-refractivity contribution >= 4 is 46.8 Å². The molecule has 4 atom stereocenters. The van der Waals surface area contributed by atoms with Gasteiger partial charge in [0.05, 0.1) is 17.4 Å². The molecule has 0 radical (unpaired) electrons. The zero-order valence-electron chi connectivity index (χ0n) is 24.4. The number of anilines is 1. The van der Waals surface area contributed by atoms with Crippen LogP contribution in [0.15, 0.2) is 93.8 Å².